The predicted octanol–water partition coefficient (Wildman–Crippen LogP) is 2.50. The molecule has 0 aliphatic carbocycles. The Morgan fingerprint density at radius 2 is 2.08 bits per heavy atom. The van der Waals surface area contributed by atoms with E-state index in [0.29, 0.717) is 0 Å². The first-order valence-electron chi connectivity index (χ1n) is 3.15. The lowest BCUT2D eigenvalue weighted by Gasteiger charge is -2.02. The maximum absolute atomic E-state index is 12.9. The van der Waals surface area contributed by atoms with Gasteiger partial charge in [-0.1, -0.05) is 12.1 Å². The van der Waals surface area contributed by atoms with Crippen molar-refractivity contribution in [3.8, 4) is 0 Å². The van der Waals surface area contributed by atoms with E-state index in [1.165, 1.54) is 18.2 Å². The second kappa shape index (κ2) is 3.62. The van der Waals surface area contributed by atoms with E-state index in [-0.39, 0.29) is 5.56 Å². The zero-order chi connectivity index (χ0) is 9.14. The molecule has 1 aromatic rings. The van der Waals surface area contributed by atoms with Gasteiger partial charge in [-0.05, 0) is 12.1 Å². The summed E-state index contributed by atoms with van der Waals surface area (Å²) in [5.74, 6) is -0.573. The minimum Gasteiger partial charge on any atom is -0.263 e. The number of hydrogen-bond donors (Lipinski definition) is 0. The van der Waals surface area contributed by atoms with Crippen molar-refractivity contribution in [1.82, 2.24) is 0 Å². The standard InChI is InChI=1S/C7H5BrFNO2/c8-7(10(11)12)5-3-1-2-4-6(5)9/h1-4,7H. The van der Waals surface area contributed by atoms with E-state index >= 15 is 0 Å². The molecule has 1 aromatic carbocycles. The molecule has 0 fully saturated rings. The first-order chi connectivity index (χ1) is 5.63. The van der Waals surface area contributed by atoms with Gasteiger partial charge in [-0.3, -0.25) is 10.1 Å². The van der Waals surface area contributed by atoms with Gasteiger partial charge in [0.2, 0.25) is 0 Å². The lowest BCUT2D eigenvalue weighted by atomic mass is 10.2. The van der Waals surface area contributed by atoms with Crippen LogP contribution in [0.5, 0.6) is 0 Å². The Morgan fingerprint density at radius 1 is 1.50 bits per heavy atom. The second-order valence-electron chi connectivity index (χ2n) is 2.14. The Labute approximate surface area is 76.5 Å². The van der Waals surface area contributed by atoms with Crippen LogP contribution in [-0.2, 0) is 0 Å². The topological polar surface area (TPSA) is 43.1 Å². The molecule has 1 unspecified atom stereocenters. The molecule has 0 saturated carbocycles. The smallest absolute Gasteiger partial charge is 0.263 e. The van der Waals surface area contributed by atoms with Crippen molar-refractivity contribution >= 4 is 15.9 Å². The lowest BCUT2D eigenvalue weighted by molar-refractivity contribution is -0.498. The highest BCUT2D eigenvalue weighted by Gasteiger charge is 2.21. The van der Waals surface area contributed by atoms with Crippen LogP contribution in [0.2, 0.25) is 0 Å². The van der Waals surface area contributed by atoms with Crippen LogP contribution in [0.15, 0.2) is 24.3 Å². The molecule has 0 aromatic heterocycles. The van der Waals surface area contributed by atoms with E-state index < -0.39 is 15.7 Å². The zero-order valence-corrected chi connectivity index (χ0v) is 7.49. The van der Waals surface area contributed by atoms with Gasteiger partial charge < -0.3 is 0 Å². The van der Waals surface area contributed by atoms with Crippen molar-refractivity contribution in [2.45, 2.75) is 4.95 Å². The molecule has 12 heavy (non-hydrogen) atoms. The van der Waals surface area contributed by atoms with Crippen LogP contribution in [0, 0.1) is 15.9 Å². The minimum atomic E-state index is -1.17. The average molecular weight is 234 g/mol. The highest BCUT2D eigenvalue weighted by atomic mass is 79.9. The van der Waals surface area contributed by atoms with E-state index in [9.17, 15) is 14.5 Å². The summed E-state index contributed by atoms with van der Waals surface area (Å²) in [4.78, 5) is 8.48. The van der Waals surface area contributed by atoms with Crippen molar-refractivity contribution in [1.29, 1.82) is 0 Å². The highest BCUT2D eigenvalue weighted by Crippen LogP contribution is 2.24. The summed E-state index contributed by atoms with van der Waals surface area (Å²) >= 11 is 2.76. The van der Waals surface area contributed by atoms with Crippen LogP contribution in [0.25, 0.3) is 0 Å². The van der Waals surface area contributed by atoms with Gasteiger partial charge in [-0.2, -0.15) is 0 Å². The van der Waals surface area contributed by atoms with E-state index in [1.807, 2.05) is 0 Å². The number of nitrogens with zero attached hydrogens (tertiary/aromatic N) is 1. The minimum absolute atomic E-state index is 0.0440. The van der Waals surface area contributed by atoms with Gasteiger partial charge in [0.15, 0.2) is 0 Å². The molecule has 0 aliphatic rings. The molecule has 0 radical (unpaired) electrons. The quantitative estimate of drug-likeness (QED) is 0.341. The summed E-state index contributed by atoms with van der Waals surface area (Å²) in [6.45, 7) is 0. The SMILES string of the molecule is O=[N+]([O-])C(Br)c1ccccc1F. The number of benzene rings is 1. The van der Waals surface area contributed by atoms with Crippen LogP contribution in [0.3, 0.4) is 0 Å². The third-order valence-electron chi connectivity index (χ3n) is 1.35. The van der Waals surface area contributed by atoms with Gasteiger partial charge in [0.05, 0.1) is 5.56 Å². The van der Waals surface area contributed by atoms with Crippen molar-refractivity contribution in [3.63, 3.8) is 0 Å². The first-order valence-corrected chi connectivity index (χ1v) is 4.06. The summed E-state index contributed by atoms with van der Waals surface area (Å²) in [6.07, 6.45) is 0. The Morgan fingerprint density at radius 3 is 2.58 bits per heavy atom. The van der Waals surface area contributed by atoms with E-state index in [4.69, 9.17) is 0 Å². The number of halogens is 2. The number of nitro groups is 1. The summed E-state index contributed by atoms with van der Waals surface area (Å²) in [7, 11) is 0. The van der Waals surface area contributed by atoms with E-state index in [0.717, 1.165) is 0 Å². The maximum atomic E-state index is 12.9. The fraction of sp³-hybridized carbons (Fsp3) is 0.143. The Bertz CT molecular complexity index is 305. The number of alkyl halides is 1. The Balaban J connectivity index is 3.02. The summed E-state index contributed by atoms with van der Waals surface area (Å²) in [5, 5.41) is 10.2. The summed E-state index contributed by atoms with van der Waals surface area (Å²) in [5.41, 5.74) is 0.0440. The Hall–Kier alpha value is -0.970. The Kier molecular flexibility index (Phi) is 2.75. The van der Waals surface area contributed by atoms with Gasteiger partial charge in [-0.15, -0.1) is 0 Å². The third kappa shape index (κ3) is 1.79. The van der Waals surface area contributed by atoms with Gasteiger partial charge >= 0.3 is 0 Å². The van der Waals surface area contributed by atoms with Crippen LogP contribution in [0.1, 0.15) is 10.5 Å². The largest absolute Gasteiger partial charge is 0.293 e. The molecule has 3 nitrogen and oxygen atoms in total. The molecule has 0 spiro atoms. The molecule has 1 atom stereocenters. The monoisotopic (exact) mass is 233 g/mol. The van der Waals surface area contributed by atoms with E-state index in [2.05, 4.69) is 15.9 Å². The summed E-state index contributed by atoms with van der Waals surface area (Å²) in [6, 6.07) is 5.60. The predicted molar refractivity (Wildman–Crippen MR) is 45.1 cm³/mol. The first kappa shape index (κ1) is 9.12. The van der Waals surface area contributed by atoms with Crippen molar-refractivity contribution in [2.24, 2.45) is 0 Å². The van der Waals surface area contributed by atoms with Gasteiger partial charge in [0.1, 0.15) is 5.82 Å². The molecule has 64 valence electrons. The van der Waals surface area contributed by atoms with Gasteiger partial charge in [0.25, 0.3) is 4.95 Å². The molecular formula is C7H5BrFNO2. The zero-order valence-electron chi connectivity index (χ0n) is 5.91. The van der Waals surface area contributed by atoms with E-state index in [1.54, 1.807) is 6.07 Å². The molecule has 0 heterocycles. The van der Waals surface area contributed by atoms with Gasteiger partial charge in [0, 0.05) is 20.9 Å². The van der Waals surface area contributed by atoms with Crippen molar-refractivity contribution in [3.05, 3.63) is 45.8 Å². The second-order valence-corrected chi connectivity index (χ2v) is 3.01. The van der Waals surface area contributed by atoms with Crippen molar-refractivity contribution in [2.75, 3.05) is 0 Å². The fourth-order valence-electron chi connectivity index (χ4n) is 0.782. The average Bonchev–Trinajstić information content (AvgIpc) is 2.04. The fourth-order valence-corrected chi connectivity index (χ4v) is 1.15. The van der Waals surface area contributed by atoms with Crippen molar-refractivity contribution < 1.29 is 9.31 Å². The van der Waals surface area contributed by atoms with Crippen LogP contribution < -0.4 is 0 Å². The molecule has 0 bridgehead atoms. The van der Waals surface area contributed by atoms with Crippen LogP contribution in [-0.4, -0.2) is 4.92 Å². The van der Waals surface area contributed by atoms with Crippen LogP contribution >= 0.6 is 15.9 Å². The maximum Gasteiger partial charge on any atom is 0.293 e. The van der Waals surface area contributed by atoms with Gasteiger partial charge in [-0.25, -0.2) is 4.39 Å². The molecule has 0 N–H and O–H groups in total. The molecule has 0 saturated heterocycles. The normalized spacial score (nSPS) is 12.5. The lowest BCUT2D eigenvalue weighted by Crippen LogP contribution is -2.04. The molecule has 1 rings (SSSR count). The molecular weight excluding hydrogens is 229 g/mol. The molecule has 0 amide bonds. The molecule has 5 heteroatoms. The number of rotatable bonds is 2. The third-order valence-corrected chi connectivity index (χ3v) is 2.17. The highest BCUT2D eigenvalue weighted by molar-refractivity contribution is 9.09. The molecule has 0 aliphatic heterocycles. The summed E-state index contributed by atoms with van der Waals surface area (Å²) < 4.78 is 12.9. The van der Waals surface area contributed by atoms with Crippen LogP contribution in [0.4, 0.5) is 4.39 Å². The number of hydrogen-bond acceptors (Lipinski definition) is 2.